The van der Waals surface area contributed by atoms with Gasteiger partial charge in [0.1, 0.15) is 0 Å². The van der Waals surface area contributed by atoms with Gasteiger partial charge in [-0.1, -0.05) is 27.2 Å². The van der Waals surface area contributed by atoms with E-state index >= 15 is 0 Å². The summed E-state index contributed by atoms with van der Waals surface area (Å²) >= 11 is 0. The van der Waals surface area contributed by atoms with Gasteiger partial charge in [0.05, 0.1) is 0 Å². The molecular formula is C8H17NO. The van der Waals surface area contributed by atoms with Crippen molar-refractivity contribution >= 4 is 5.91 Å². The van der Waals surface area contributed by atoms with Gasteiger partial charge in [0.15, 0.2) is 0 Å². The number of amides is 1. The van der Waals surface area contributed by atoms with E-state index in [4.69, 9.17) is 0 Å². The number of hydrogen-bond acceptors (Lipinski definition) is 1. The van der Waals surface area contributed by atoms with Gasteiger partial charge in [-0.3, -0.25) is 4.79 Å². The summed E-state index contributed by atoms with van der Waals surface area (Å²) in [5, 5.41) is 2.64. The SMILES string of the molecule is CC[C@H](C)C(C)C(=O)NC. The molecule has 2 atom stereocenters. The summed E-state index contributed by atoms with van der Waals surface area (Å²) < 4.78 is 0. The highest BCUT2D eigenvalue weighted by Crippen LogP contribution is 2.13. The highest BCUT2D eigenvalue weighted by Gasteiger charge is 2.16. The van der Waals surface area contributed by atoms with E-state index in [1.807, 2.05) is 6.92 Å². The molecule has 0 fully saturated rings. The highest BCUT2D eigenvalue weighted by atomic mass is 16.1. The first-order chi connectivity index (χ1) is 4.63. The number of nitrogens with one attached hydrogen (secondary N) is 1. The van der Waals surface area contributed by atoms with E-state index in [9.17, 15) is 4.79 Å². The van der Waals surface area contributed by atoms with Crippen molar-refractivity contribution in [1.29, 1.82) is 0 Å². The third-order valence-electron chi connectivity index (χ3n) is 2.16. The van der Waals surface area contributed by atoms with E-state index < -0.39 is 0 Å². The first-order valence-corrected chi connectivity index (χ1v) is 3.85. The molecular weight excluding hydrogens is 126 g/mol. The molecule has 0 saturated heterocycles. The minimum absolute atomic E-state index is 0.148. The van der Waals surface area contributed by atoms with E-state index in [0.29, 0.717) is 5.92 Å². The number of rotatable bonds is 3. The fourth-order valence-electron chi connectivity index (χ4n) is 0.840. The largest absolute Gasteiger partial charge is 0.359 e. The molecule has 2 nitrogen and oxygen atoms in total. The third-order valence-corrected chi connectivity index (χ3v) is 2.16. The molecule has 2 heteroatoms. The van der Waals surface area contributed by atoms with Crippen LogP contribution in [0.15, 0.2) is 0 Å². The molecule has 1 unspecified atom stereocenters. The number of hydrogen-bond donors (Lipinski definition) is 1. The van der Waals surface area contributed by atoms with Gasteiger partial charge in [0.25, 0.3) is 0 Å². The summed E-state index contributed by atoms with van der Waals surface area (Å²) in [5.74, 6) is 0.782. The van der Waals surface area contributed by atoms with Crippen molar-refractivity contribution < 1.29 is 4.79 Å². The lowest BCUT2D eigenvalue weighted by molar-refractivity contribution is -0.125. The second kappa shape index (κ2) is 4.31. The Labute approximate surface area is 63.0 Å². The van der Waals surface area contributed by atoms with Crippen LogP contribution < -0.4 is 5.32 Å². The van der Waals surface area contributed by atoms with Gasteiger partial charge in [0.2, 0.25) is 5.91 Å². The number of carbonyl (C=O) groups is 1. The summed E-state index contributed by atoms with van der Waals surface area (Å²) in [6, 6.07) is 0. The van der Waals surface area contributed by atoms with Gasteiger partial charge in [-0.05, 0) is 5.92 Å². The maximum Gasteiger partial charge on any atom is 0.222 e. The zero-order chi connectivity index (χ0) is 8.15. The topological polar surface area (TPSA) is 29.1 Å². The van der Waals surface area contributed by atoms with Crippen LogP contribution in [-0.4, -0.2) is 13.0 Å². The van der Waals surface area contributed by atoms with Crippen LogP contribution in [-0.2, 0) is 4.79 Å². The third kappa shape index (κ3) is 2.38. The Kier molecular flexibility index (Phi) is 4.08. The van der Waals surface area contributed by atoms with Crippen LogP contribution in [0.3, 0.4) is 0 Å². The molecule has 0 spiro atoms. The zero-order valence-corrected chi connectivity index (χ0v) is 7.27. The molecule has 0 aliphatic rings. The fourth-order valence-corrected chi connectivity index (χ4v) is 0.840. The van der Waals surface area contributed by atoms with Gasteiger partial charge in [0, 0.05) is 13.0 Å². The molecule has 0 radical (unpaired) electrons. The van der Waals surface area contributed by atoms with Gasteiger partial charge >= 0.3 is 0 Å². The summed E-state index contributed by atoms with van der Waals surface area (Å²) in [5.41, 5.74) is 0. The standard InChI is InChI=1S/C8H17NO/c1-5-6(2)7(3)8(10)9-4/h6-7H,5H2,1-4H3,(H,9,10)/t6-,7?/m0/s1. The van der Waals surface area contributed by atoms with Crippen LogP contribution in [0, 0.1) is 11.8 Å². The van der Waals surface area contributed by atoms with E-state index in [-0.39, 0.29) is 11.8 Å². The fraction of sp³-hybridized carbons (Fsp3) is 0.875. The van der Waals surface area contributed by atoms with Crippen molar-refractivity contribution in [2.24, 2.45) is 11.8 Å². The lowest BCUT2D eigenvalue weighted by Gasteiger charge is -2.15. The molecule has 0 aromatic heterocycles. The van der Waals surface area contributed by atoms with Crippen LogP contribution in [0.5, 0.6) is 0 Å². The molecule has 1 amide bonds. The first-order valence-electron chi connectivity index (χ1n) is 3.85. The van der Waals surface area contributed by atoms with Crippen molar-refractivity contribution in [3.05, 3.63) is 0 Å². The van der Waals surface area contributed by atoms with Crippen LogP contribution >= 0.6 is 0 Å². The predicted molar refractivity (Wildman–Crippen MR) is 42.7 cm³/mol. The maximum absolute atomic E-state index is 11.0. The smallest absolute Gasteiger partial charge is 0.222 e. The Morgan fingerprint density at radius 1 is 1.50 bits per heavy atom. The van der Waals surface area contributed by atoms with Crippen molar-refractivity contribution in [1.82, 2.24) is 5.32 Å². The number of carbonyl (C=O) groups excluding carboxylic acids is 1. The van der Waals surface area contributed by atoms with E-state index in [1.54, 1.807) is 7.05 Å². The van der Waals surface area contributed by atoms with Crippen LogP contribution in [0.25, 0.3) is 0 Å². The van der Waals surface area contributed by atoms with Crippen molar-refractivity contribution in [2.75, 3.05) is 7.05 Å². The molecule has 1 N–H and O–H groups in total. The molecule has 0 aliphatic heterocycles. The monoisotopic (exact) mass is 143 g/mol. The quantitative estimate of drug-likeness (QED) is 0.636. The Bertz CT molecular complexity index is 112. The highest BCUT2D eigenvalue weighted by molar-refractivity contribution is 5.78. The van der Waals surface area contributed by atoms with Gasteiger partial charge in [-0.15, -0.1) is 0 Å². The lowest BCUT2D eigenvalue weighted by atomic mass is 9.93. The molecule has 10 heavy (non-hydrogen) atoms. The molecule has 0 heterocycles. The Morgan fingerprint density at radius 3 is 2.30 bits per heavy atom. The molecule has 0 bridgehead atoms. The maximum atomic E-state index is 11.0. The Balaban J connectivity index is 3.81. The molecule has 60 valence electrons. The van der Waals surface area contributed by atoms with E-state index in [0.717, 1.165) is 6.42 Å². The molecule has 0 aromatic rings. The minimum atomic E-state index is 0.148. The summed E-state index contributed by atoms with van der Waals surface area (Å²) in [4.78, 5) is 11.0. The second-order valence-corrected chi connectivity index (χ2v) is 2.79. The molecule has 0 aliphatic carbocycles. The van der Waals surface area contributed by atoms with Crippen molar-refractivity contribution in [2.45, 2.75) is 27.2 Å². The lowest BCUT2D eigenvalue weighted by Crippen LogP contribution is -2.29. The predicted octanol–water partition coefficient (Wildman–Crippen LogP) is 1.41. The minimum Gasteiger partial charge on any atom is -0.359 e. The molecule has 0 rings (SSSR count). The molecule has 0 saturated carbocycles. The van der Waals surface area contributed by atoms with Crippen LogP contribution in [0.2, 0.25) is 0 Å². The summed E-state index contributed by atoms with van der Waals surface area (Å²) in [6.45, 7) is 6.16. The summed E-state index contributed by atoms with van der Waals surface area (Å²) in [7, 11) is 1.68. The van der Waals surface area contributed by atoms with Crippen LogP contribution in [0.4, 0.5) is 0 Å². The van der Waals surface area contributed by atoms with Gasteiger partial charge in [-0.25, -0.2) is 0 Å². The van der Waals surface area contributed by atoms with E-state index in [1.165, 1.54) is 0 Å². The average Bonchev–Trinajstić information content (AvgIpc) is 2.00. The molecule has 0 aromatic carbocycles. The van der Waals surface area contributed by atoms with Crippen molar-refractivity contribution in [3.63, 3.8) is 0 Å². The van der Waals surface area contributed by atoms with Gasteiger partial charge in [-0.2, -0.15) is 0 Å². The van der Waals surface area contributed by atoms with E-state index in [2.05, 4.69) is 19.2 Å². The summed E-state index contributed by atoms with van der Waals surface area (Å²) in [6.07, 6.45) is 1.06. The van der Waals surface area contributed by atoms with Crippen molar-refractivity contribution in [3.8, 4) is 0 Å². The second-order valence-electron chi connectivity index (χ2n) is 2.79. The normalized spacial score (nSPS) is 16.0. The Hall–Kier alpha value is -0.530. The average molecular weight is 143 g/mol. The van der Waals surface area contributed by atoms with Crippen LogP contribution in [0.1, 0.15) is 27.2 Å². The zero-order valence-electron chi connectivity index (χ0n) is 7.27. The first kappa shape index (κ1) is 9.47. The Morgan fingerprint density at radius 2 is 2.00 bits per heavy atom. The van der Waals surface area contributed by atoms with Gasteiger partial charge < -0.3 is 5.32 Å².